The van der Waals surface area contributed by atoms with Crippen LogP contribution in [0.15, 0.2) is 29.3 Å². The van der Waals surface area contributed by atoms with E-state index in [1.165, 1.54) is 0 Å². The van der Waals surface area contributed by atoms with Crippen molar-refractivity contribution in [1.82, 2.24) is 5.32 Å². The maximum atomic E-state index is 5.66. The summed E-state index contributed by atoms with van der Waals surface area (Å²) in [6, 6.07) is 8.20. The number of ether oxygens (including phenoxy) is 1. The second-order valence-corrected chi connectivity index (χ2v) is 3.48. The topological polar surface area (TPSA) is 59.6 Å². The summed E-state index contributed by atoms with van der Waals surface area (Å²) in [7, 11) is 1.67. The van der Waals surface area contributed by atoms with Crippen LogP contribution >= 0.6 is 24.0 Å². The summed E-state index contributed by atoms with van der Waals surface area (Å²) in [5.41, 5.74) is 6.81. The Hall–Kier alpha value is -0.980. The molecule has 0 saturated carbocycles. The van der Waals surface area contributed by atoms with E-state index in [9.17, 15) is 0 Å². The van der Waals surface area contributed by atoms with E-state index < -0.39 is 0 Å². The molecule has 1 aliphatic heterocycles. The molecule has 1 heterocycles. The van der Waals surface area contributed by atoms with Crippen LogP contribution in [0.1, 0.15) is 18.0 Å². The number of benzene rings is 1. The van der Waals surface area contributed by atoms with Gasteiger partial charge in [-0.3, -0.25) is 4.99 Å². The number of rotatable bonds is 1. The Kier molecular flexibility index (Phi) is 4.85. The van der Waals surface area contributed by atoms with Gasteiger partial charge in [0, 0.05) is 19.0 Å². The molecule has 5 heteroatoms. The van der Waals surface area contributed by atoms with Crippen molar-refractivity contribution in [3.05, 3.63) is 29.8 Å². The highest BCUT2D eigenvalue weighted by Gasteiger charge is 2.20. The number of halogens is 1. The van der Waals surface area contributed by atoms with E-state index in [1.807, 2.05) is 18.2 Å². The fourth-order valence-corrected chi connectivity index (χ4v) is 1.74. The fourth-order valence-electron chi connectivity index (χ4n) is 1.74. The molecule has 0 fully saturated rings. The molecular formula is C11H16IN3O. The van der Waals surface area contributed by atoms with Gasteiger partial charge in [0.15, 0.2) is 5.96 Å². The number of hydrogen-bond acceptors (Lipinski definition) is 2. The summed E-state index contributed by atoms with van der Waals surface area (Å²) in [6.45, 7) is 0.714. The minimum atomic E-state index is 0. The van der Waals surface area contributed by atoms with Gasteiger partial charge in [0.05, 0.1) is 12.6 Å². The van der Waals surface area contributed by atoms with Crippen molar-refractivity contribution >= 4 is 29.9 Å². The van der Waals surface area contributed by atoms with Gasteiger partial charge in [-0.25, -0.2) is 0 Å². The molecule has 0 saturated heterocycles. The first-order valence-electron chi connectivity index (χ1n) is 5.02. The van der Waals surface area contributed by atoms with Crippen LogP contribution in [0.25, 0.3) is 0 Å². The van der Waals surface area contributed by atoms with Crippen molar-refractivity contribution in [2.24, 2.45) is 10.7 Å². The Bertz CT molecular complexity index is 381. The summed E-state index contributed by atoms with van der Waals surface area (Å²) in [5, 5.41) is 3.17. The zero-order valence-corrected chi connectivity index (χ0v) is 11.5. The first kappa shape index (κ1) is 13.1. The Balaban J connectivity index is 0.00000128. The molecule has 0 aromatic heterocycles. The lowest BCUT2D eigenvalue weighted by atomic mass is 10.0. The van der Waals surface area contributed by atoms with E-state index in [0.717, 1.165) is 17.7 Å². The second-order valence-electron chi connectivity index (χ2n) is 3.48. The van der Waals surface area contributed by atoms with Crippen molar-refractivity contribution in [1.29, 1.82) is 0 Å². The number of nitrogens with zero attached hydrogens (tertiary/aromatic N) is 1. The molecule has 0 spiro atoms. The zero-order chi connectivity index (χ0) is 10.7. The highest BCUT2D eigenvalue weighted by molar-refractivity contribution is 14.0. The average molecular weight is 333 g/mol. The van der Waals surface area contributed by atoms with E-state index in [0.29, 0.717) is 12.6 Å². The van der Waals surface area contributed by atoms with Crippen LogP contribution in [-0.2, 0) is 0 Å². The van der Waals surface area contributed by atoms with Crippen LogP contribution in [0.2, 0.25) is 0 Å². The predicted octanol–water partition coefficient (Wildman–Crippen LogP) is 1.66. The minimum absolute atomic E-state index is 0. The highest BCUT2D eigenvalue weighted by Crippen LogP contribution is 2.31. The summed E-state index contributed by atoms with van der Waals surface area (Å²) < 4.78 is 5.55. The second kappa shape index (κ2) is 5.93. The van der Waals surface area contributed by atoms with Crippen molar-refractivity contribution in [3.63, 3.8) is 0 Å². The molecule has 1 aromatic carbocycles. The molecule has 1 aromatic rings. The van der Waals surface area contributed by atoms with Gasteiger partial charge in [0.1, 0.15) is 5.75 Å². The minimum Gasteiger partial charge on any atom is -0.493 e. The third-order valence-electron chi connectivity index (χ3n) is 2.52. The van der Waals surface area contributed by atoms with E-state index in [4.69, 9.17) is 10.5 Å². The Labute approximate surface area is 112 Å². The molecule has 0 aliphatic carbocycles. The first-order valence-corrected chi connectivity index (χ1v) is 5.02. The summed E-state index contributed by atoms with van der Waals surface area (Å²) >= 11 is 0. The fraction of sp³-hybridized carbons (Fsp3) is 0.364. The van der Waals surface area contributed by atoms with Gasteiger partial charge in [-0.2, -0.15) is 0 Å². The Morgan fingerprint density at radius 2 is 2.25 bits per heavy atom. The lowest BCUT2D eigenvalue weighted by Crippen LogP contribution is -2.37. The van der Waals surface area contributed by atoms with Crippen LogP contribution < -0.4 is 15.8 Å². The van der Waals surface area contributed by atoms with E-state index in [-0.39, 0.29) is 30.0 Å². The average Bonchev–Trinajstić information content (AvgIpc) is 2.29. The zero-order valence-electron chi connectivity index (χ0n) is 9.14. The van der Waals surface area contributed by atoms with Gasteiger partial charge < -0.3 is 15.8 Å². The van der Waals surface area contributed by atoms with Gasteiger partial charge in [0.25, 0.3) is 0 Å². The van der Waals surface area contributed by atoms with E-state index >= 15 is 0 Å². The monoisotopic (exact) mass is 333 g/mol. The SMILES string of the molecule is CN=C(N)NC1CCOc2ccccc21.I. The summed E-state index contributed by atoms with van der Waals surface area (Å²) in [6.07, 6.45) is 0.910. The third kappa shape index (κ3) is 2.78. The Morgan fingerprint density at radius 1 is 1.50 bits per heavy atom. The van der Waals surface area contributed by atoms with Crippen LogP contribution in [0, 0.1) is 0 Å². The van der Waals surface area contributed by atoms with Crippen LogP contribution in [-0.4, -0.2) is 19.6 Å². The van der Waals surface area contributed by atoms with Gasteiger partial charge >= 0.3 is 0 Å². The number of nitrogens with two attached hydrogens (primary N) is 1. The van der Waals surface area contributed by atoms with Gasteiger partial charge in [-0.05, 0) is 6.07 Å². The first-order chi connectivity index (χ1) is 7.31. The summed E-state index contributed by atoms with van der Waals surface area (Å²) in [5.74, 6) is 1.40. The van der Waals surface area contributed by atoms with Crippen LogP contribution in [0.3, 0.4) is 0 Å². The molecule has 2 rings (SSSR count). The molecule has 1 atom stereocenters. The molecule has 16 heavy (non-hydrogen) atoms. The molecule has 1 aliphatic rings. The largest absolute Gasteiger partial charge is 0.493 e. The van der Waals surface area contributed by atoms with Crippen molar-refractivity contribution in [2.45, 2.75) is 12.5 Å². The molecule has 0 radical (unpaired) electrons. The predicted molar refractivity (Wildman–Crippen MR) is 75.4 cm³/mol. The number of guanidine groups is 1. The maximum Gasteiger partial charge on any atom is 0.188 e. The van der Waals surface area contributed by atoms with Gasteiger partial charge in [-0.1, -0.05) is 18.2 Å². The smallest absolute Gasteiger partial charge is 0.188 e. The van der Waals surface area contributed by atoms with Crippen LogP contribution in [0.4, 0.5) is 0 Å². The molecule has 0 amide bonds. The van der Waals surface area contributed by atoms with Crippen molar-refractivity contribution in [2.75, 3.05) is 13.7 Å². The maximum absolute atomic E-state index is 5.66. The molecule has 4 nitrogen and oxygen atoms in total. The molecule has 1 unspecified atom stereocenters. The van der Waals surface area contributed by atoms with Crippen LogP contribution in [0.5, 0.6) is 5.75 Å². The number of fused-ring (bicyclic) bond motifs is 1. The molecule has 0 bridgehead atoms. The lowest BCUT2D eigenvalue weighted by Gasteiger charge is -2.26. The Morgan fingerprint density at radius 3 is 3.00 bits per heavy atom. The van der Waals surface area contributed by atoms with Crippen molar-refractivity contribution < 1.29 is 4.74 Å². The number of para-hydroxylation sites is 1. The highest BCUT2D eigenvalue weighted by atomic mass is 127. The van der Waals surface area contributed by atoms with E-state index in [1.54, 1.807) is 7.05 Å². The molecule has 88 valence electrons. The summed E-state index contributed by atoms with van der Waals surface area (Å²) in [4.78, 5) is 3.90. The normalized spacial score (nSPS) is 19.1. The number of hydrogen-bond donors (Lipinski definition) is 2. The van der Waals surface area contributed by atoms with Gasteiger partial charge in [-0.15, -0.1) is 24.0 Å². The quantitative estimate of drug-likeness (QED) is 0.467. The van der Waals surface area contributed by atoms with Crippen molar-refractivity contribution in [3.8, 4) is 5.75 Å². The third-order valence-corrected chi connectivity index (χ3v) is 2.52. The number of nitrogens with one attached hydrogen (secondary N) is 1. The van der Waals surface area contributed by atoms with E-state index in [2.05, 4.69) is 16.4 Å². The standard InChI is InChI=1S/C11H15N3O.HI/c1-13-11(12)14-9-6-7-15-10-5-3-2-4-8(9)10;/h2-5,9H,6-7H2,1H3,(H3,12,13,14);1H. The molecule has 3 N–H and O–H groups in total. The lowest BCUT2D eigenvalue weighted by molar-refractivity contribution is 0.262. The number of aliphatic imine (C=N–C) groups is 1. The molecular weight excluding hydrogens is 317 g/mol. The van der Waals surface area contributed by atoms with Gasteiger partial charge in [0.2, 0.25) is 0 Å².